The Bertz CT molecular complexity index is 381. The summed E-state index contributed by atoms with van der Waals surface area (Å²) >= 11 is 12.2. The molecular weight excluding hydrogens is 259 g/mol. The molecule has 2 N–H and O–H groups in total. The Hall–Kier alpha value is -0.320. The molecule has 1 aromatic rings. The number of rotatable bonds is 3. The number of hydrogen-bond donors (Lipinski definition) is 2. The highest BCUT2D eigenvalue weighted by molar-refractivity contribution is 6.42. The topological polar surface area (TPSA) is 35.5 Å². The molecule has 0 amide bonds. The van der Waals surface area contributed by atoms with Crippen LogP contribution < -0.4 is 5.32 Å². The van der Waals surface area contributed by atoms with Gasteiger partial charge in [0.25, 0.3) is 0 Å². The van der Waals surface area contributed by atoms with Crippen molar-refractivity contribution in [1.82, 2.24) is 10.2 Å². The molecule has 0 aliphatic carbocycles. The van der Waals surface area contributed by atoms with Crippen LogP contribution in [0.5, 0.6) is 0 Å². The minimum atomic E-state index is -0.0664. The number of nitrogens with zero attached hydrogens (tertiary/aromatic N) is 1. The second-order valence-electron chi connectivity index (χ2n) is 4.13. The molecule has 1 fully saturated rings. The summed E-state index contributed by atoms with van der Waals surface area (Å²) in [7, 11) is 0. The first-order chi connectivity index (χ1) is 8.24. The van der Waals surface area contributed by atoms with Crippen LogP contribution in [-0.4, -0.2) is 42.8 Å². The summed E-state index contributed by atoms with van der Waals surface area (Å²) in [4.78, 5) is 2.23. The standard InChI is InChI=1S/C12H16Cl2N2O/c13-10-3-1-2-9(12(10)14)11(8-17)16-6-4-15-5-7-16/h1-3,11,15,17H,4-8H2/t11-/m1/s1. The monoisotopic (exact) mass is 274 g/mol. The van der Waals surface area contributed by atoms with Crippen molar-refractivity contribution >= 4 is 23.2 Å². The molecule has 0 unspecified atom stereocenters. The van der Waals surface area contributed by atoms with E-state index in [2.05, 4.69) is 10.2 Å². The molecule has 0 saturated carbocycles. The van der Waals surface area contributed by atoms with Crippen LogP contribution in [0.4, 0.5) is 0 Å². The van der Waals surface area contributed by atoms with Gasteiger partial charge in [0.2, 0.25) is 0 Å². The Morgan fingerprint density at radius 1 is 1.29 bits per heavy atom. The molecule has 2 rings (SSSR count). The lowest BCUT2D eigenvalue weighted by atomic mass is 10.1. The van der Waals surface area contributed by atoms with E-state index in [-0.39, 0.29) is 12.6 Å². The van der Waals surface area contributed by atoms with Gasteiger partial charge in [-0.2, -0.15) is 0 Å². The Balaban J connectivity index is 2.24. The van der Waals surface area contributed by atoms with E-state index in [1.807, 2.05) is 12.1 Å². The molecular formula is C12H16Cl2N2O. The van der Waals surface area contributed by atoms with E-state index in [9.17, 15) is 5.11 Å². The summed E-state index contributed by atoms with van der Waals surface area (Å²) in [5, 5.41) is 14.0. The third kappa shape index (κ3) is 2.92. The van der Waals surface area contributed by atoms with Crippen LogP contribution >= 0.6 is 23.2 Å². The summed E-state index contributed by atoms with van der Waals surface area (Å²) < 4.78 is 0. The normalized spacial score (nSPS) is 19.2. The van der Waals surface area contributed by atoms with Gasteiger partial charge in [-0.1, -0.05) is 35.3 Å². The molecule has 1 aliphatic rings. The fraction of sp³-hybridized carbons (Fsp3) is 0.500. The maximum absolute atomic E-state index is 9.58. The number of benzene rings is 1. The molecule has 0 aromatic heterocycles. The van der Waals surface area contributed by atoms with Gasteiger partial charge >= 0.3 is 0 Å². The van der Waals surface area contributed by atoms with Gasteiger partial charge in [0.15, 0.2) is 0 Å². The van der Waals surface area contributed by atoms with Gasteiger partial charge in [0.05, 0.1) is 22.7 Å². The maximum Gasteiger partial charge on any atom is 0.0641 e. The van der Waals surface area contributed by atoms with Crippen molar-refractivity contribution in [2.45, 2.75) is 6.04 Å². The zero-order valence-electron chi connectivity index (χ0n) is 9.50. The first kappa shape index (κ1) is 13.1. The van der Waals surface area contributed by atoms with Crippen molar-refractivity contribution in [2.24, 2.45) is 0 Å². The summed E-state index contributed by atoms with van der Waals surface area (Å²) in [6, 6.07) is 5.49. The van der Waals surface area contributed by atoms with Gasteiger partial charge in [-0.3, -0.25) is 4.90 Å². The third-order valence-corrected chi connectivity index (χ3v) is 3.94. The average Bonchev–Trinajstić information content (AvgIpc) is 2.37. The van der Waals surface area contributed by atoms with Crippen LogP contribution in [0.3, 0.4) is 0 Å². The Morgan fingerprint density at radius 2 is 2.00 bits per heavy atom. The van der Waals surface area contributed by atoms with Gasteiger partial charge in [-0.15, -0.1) is 0 Å². The molecule has 17 heavy (non-hydrogen) atoms. The minimum absolute atomic E-state index is 0.0556. The predicted molar refractivity (Wildman–Crippen MR) is 70.7 cm³/mol. The highest BCUT2D eigenvalue weighted by Crippen LogP contribution is 2.32. The summed E-state index contributed by atoms with van der Waals surface area (Å²) in [5.41, 5.74) is 0.906. The van der Waals surface area contributed by atoms with Gasteiger partial charge < -0.3 is 10.4 Å². The van der Waals surface area contributed by atoms with Crippen molar-refractivity contribution in [3.05, 3.63) is 33.8 Å². The second-order valence-corrected chi connectivity index (χ2v) is 4.91. The van der Waals surface area contributed by atoms with Crippen molar-refractivity contribution in [3.8, 4) is 0 Å². The van der Waals surface area contributed by atoms with Crippen LogP contribution in [0.2, 0.25) is 10.0 Å². The fourth-order valence-corrected chi connectivity index (χ4v) is 2.62. The average molecular weight is 275 g/mol. The first-order valence-corrected chi connectivity index (χ1v) is 6.49. The molecule has 0 spiro atoms. The maximum atomic E-state index is 9.58. The van der Waals surface area contributed by atoms with E-state index >= 15 is 0 Å². The summed E-state index contributed by atoms with van der Waals surface area (Å²) in [6.07, 6.45) is 0. The highest BCUT2D eigenvalue weighted by atomic mass is 35.5. The Labute approximate surface area is 111 Å². The number of hydrogen-bond acceptors (Lipinski definition) is 3. The number of nitrogens with one attached hydrogen (secondary N) is 1. The first-order valence-electron chi connectivity index (χ1n) is 5.73. The van der Waals surface area contributed by atoms with Gasteiger partial charge in [0.1, 0.15) is 0 Å². The number of aliphatic hydroxyl groups excluding tert-OH is 1. The largest absolute Gasteiger partial charge is 0.394 e. The van der Waals surface area contributed by atoms with Crippen molar-refractivity contribution in [1.29, 1.82) is 0 Å². The van der Waals surface area contributed by atoms with Crippen LogP contribution in [-0.2, 0) is 0 Å². The van der Waals surface area contributed by atoms with Crippen molar-refractivity contribution < 1.29 is 5.11 Å². The van der Waals surface area contributed by atoms with E-state index in [1.165, 1.54) is 0 Å². The quantitative estimate of drug-likeness (QED) is 0.884. The molecule has 1 saturated heterocycles. The predicted octanol–water partition coefficient (Wildman–Crippen LogP) is 1.93. The molecule has 1 heterocycles. The summed E-state index contributed by atoms with van der Waals surface area (Å²) in [5.74, 6) is 0. The van der Waals surface area contributed by atoms with Crippen LogP contribution in [0.25, 0.3) is 0 Å². The van der Waals surface area contributed by atoms with Crippen LogP contribution in [0.1, 0.15) is 11.6 Å². The minimum Gasteiger partial charge on any atom is -0.394 e. The van der Waals surface area contributed by atoms with E-state index in [0.29, 0.717) is 10.0 Å². The number of piperazine rings is 1. The van der Waals surface area contributed by atoms with Gasteiger partial charge in [-0.05, 0) is 11.6 Å². The van der Waals surface area contributed by atoms with E-state index in [4.69, 9.17) is 23.2 Å². The molecule has 1 atom stereocenters. The zero-order valence-corrected chi connectivity index (χ0v) is 11.0. The lowest BCUT2D eigenvalue weighted by Gasteiger charge is -2.34. The van der Waals surface area contributed by atoms with Crippen LogP contribution in [0.15, 0.2) is 18.2 Å². The van der Waals surface area contributed by atoms with E-state index < -0.39 is 0 Å². The lowest BCUT2D eigenvalue weighted by Crippen LogP contribution is -2.46. The Morgan fingerprint density at radius 3 is 2.65 bits per heavy atom. The highest BCUT2D eigenvalue weighted by Gasteiger charge is 2.23. The fourth-order valence-electron chi connectivity index (χ4n) is 2.18. The lowest BCUT2D eigenvalue weighted by molar-refractivity contribution is 0.111. The SMILES string of the molecule is OC[C@H](c1cccc(Cl)c1Cl)N1CCNCC1. The third-order valence-electron chi connectivity index (χ3n) is 3.11. The Kier molecular flexibility index (Phi) is 4.65. The molecule has 0 radical (unpaired) electrons. The summed E-state index contributed by atoms with van der Waals surface area (Å²) in [6.45, 7) is 3.76. The molecule has 5 heteroatoms. The smallest absolute Gasteiger partial charge is 0.0641 e. The van der Waals surface area contributed by atoms with Gasteiger partial charge in [0, 0.05) is 26.2 Å². The van der Waals surface area contributed by atoms with E-state index in [1.54, 1.807) is 6.07 Å². The molecule has 1 aliphatic heterocycles. The van der Waals surface area contributed by atoms with Gasteiger partial charge in [-0.25, -0.2) is 0 Å². The molecule has 3 nitrogen and oxygen atoms in total. The molecule has 1 aromatic carbocycles. The molecule has 94 valence electrons. The second kappa shape index (κ2) is 6.03. The van der Waals surface area contributed by atoms with Crippen molar-refractivity contribution in [2.75, 3.05) is 32.8 Å². The molecule has 0 bridgehead atoms. The number of halogens is 2. The zero-order chi connectivity index (χ0) is 12.3. The van der Waals surface area contributed by atoms with E-state index in [0.717, 1.165) is 31.7 Å². The number of aliphatic hydroxyl groups is 1. The van der Waals surface area contributed by atoms with Crippen molar-refractivity contribution in [3.63, 3.8) is 0 Å². The van der Waals surface area contributed by atoms with Crippen LogP contribution in [0, 0.1) is 0 Å².